The summed E-state index contributed by atoms with van der Waals surface area (Å²) in [7, 11) is 0. The maximum atomic E-state index is 11.7. The van der Waals surface area contributed by atoms with Crippen LogP contribution in [0.5, 0.6) is 5.75 Å². The number of hydrogen-bond donors (Lipinski definition) is 3. The normalized spacial score (nSPS) is 12.5. The van der Waals surface area contributed by atoms with Gasteiger partial charge in [0.2, 0.25) is 0 Å². The third-order valence-corrected chi connectivity index (χ3v) is 4.72. The SMILES string of the molecule is Cc1cc(=O)oc2c(C[NH2+][C@H](CCCCNC(=O)OC(C)(C)C)C(=O)[O-])c(O)ccc12. The zero-order valence-electron chi connectivity index (χ0n) is 18.3. The number of aromatic hydroxyl groups is 1. The van der Waals surface area contributed by atoms with Gasteiger partial charge in [0, 0.05) is 24.4 Å². The maximum absolute atomic E-state index is 11.7. The number of carboxylic acids is 1. The lowest BCUT2D eigenvalue weighted by Gasteiger charge is -2.20. The fourth-order valence-corrected chi connectivity index (χ4v) is 3.21. The monoisotopic (exact) mass is 434 g/mol. The minimum absolute atomic E-state index is 0.0730. The highest BCUT2D eigenvalue weighted by molar-refractivity contribution is 5.84. The molecule has 0 fully saturated rings. The Kier molecular flexibility index (Phi) is 8.04. The molecule has 31 heavy (non-hydrogen) atoms. The number of rotatable bonds is 9. The summed E-state index contributed by atoms with van der Waals surface area (Å²) >= 11 is 0. The first-order chi connectivity index (χ1) is 14.5. The van der Waals surface area contributed by atoms with Crippen LogP contribution in [0.25, 0.3) is 11.0 Å². The van der Waals surface area contributed by atoms with Crippen LogP contribution in [0.2, 0.25) is 0 Å². The molecule has 0 spiro atoms. The Bertz CT molecular complexity index is 992. The van der Waals surface area contributed by atoms with Gasteiger partial charge in [-0.2, -0.15) is 0 Å². The summed E-state index contributed by atoms with van der Waals surface area (Å²) in [5, 5.41) is 26.6. The zero-order chi connectivity index (χ0) is 23.2. The van der Waals surface area contributed by atoms with E-state index in [1.807, 2.05) is 0 Å². The number of nitrogens with two attached hydrogens (primary N) is 1. The van der Waals surface area contributed by atoms with E-state index >= 15 is 0 Å². The molecule has 0 aliphatic rings. The van der Waals surface area contributed by atoms with Gasteiger partial charge in [-0.1, -0.05) is 0 Å². The molecule has 0 bridgehead atoms. The van der Waals surface area contributed by atoms with Crippen molar-refractivity contribution < 1.29 is 34.3 Å². The molecule has 0 aliphatic heterocycles. The van der Waals surface area contributed by atoms with Gasteiger partial charge in [-0.15, -0.1) is 0 Å². The molecule has 1 atom stereocenters. The lowest BCUT2D eigenvalue weighted by atomic mass is 10.0. The number of ether oxygens (including phenoxy) is 1. The van der Waals surface area contributed by atoms with Crippen LogP contribution >= 0.6 is 0 Å². The van der Waals surface area contributed by atoms with Gasteiger partial charge >= 0.3 is 11.7 Å². The molecule has 0 unspecified atom stereocenters. The summed E-state index contributed by atoms with van der Waals surface area (Å²) < 4.78 is 10.4. The summed E-state index contributed by atoms with van der Waals surface area (Å²) in [4.78, 5) is 34.9. The van der Waals surface area contributed by atoms with Crippen molar-refractivity contribution in [1.29, 1.82) is 0 Å². The van der Waals surface area contributed by atoms with Crippen LogP contribution in [0.15, 0.2) is 27.4 Å². The van der Waals surface area contributed by atoms with E-state index in [1.165, 1.54) is 17.4 Å². The molecule has 2 aromatic rings. The Morgan fingerprint density at radius 1 is 1.29 bits per heavy atom. The Morgan fingerprint density at radius 2 is 2.00 bits per heavy atom. The van der Waals surface area contributed by atoms with Crippen molar-refractivity contribution in [2.45, 2.75) is 65.1 Å². The molecule has 1 aromatic heterocycles. The van der Waals surface area contributed by atoms with Crippen LogP contribution in [0, 0.1) is 6.92 Å². The molecule has 2 rings (SSSR count). The number of hydrogen-bond acceptors (Lipinski definition) is 7. The van der Waals surface area contributed by atoms with E-state index in [-0.39, 0.29) is 17.9 Å². The highest BCUT2D eigenvalue weighted by Crippen LogP contribution is 2.27. The number of quaternary nitrogens is 1. The van der Waals surface area contributed by atoms with Gasteiger partial charge in [-0.05, 0) is 58.2 Å². The van der Waals surface area contributed by atoms with Crippen LogP contribution < -0.4 is 21.4 Å². The van der Waals surface area contributed by atoms with Gasteiger partial charge < -0.3 is 34.8 Å². The second-order valence-corrected chi connectivity index (χ2v) is 8.48. The third-order valence-electron chi connectivity index (χ3n) is 4.72. The zero-order valence-corrected chi connectivity index (χ0v) is 18.3. The standard InChI is InChI=1S/C22H30N2O7/c1-13-11-18(26)30-19-14(13)8-9-17(25)15(19)12-24-16(20(27)28)7-5-6-10-23-21(29)31-22(2,3)4/h8-9,11,16,24-25H,5-7,10,12H2,1-4H3,(H,23,29)(H,27,28)/t16-/m1/s1. The van der Waals surface area contributed by atoms with Gasteiger partial charge in [0.15, 0.2) is 5.58 Å². The molecular weight excluding hydrogens is 404 g/mol. The molecule has 9 nitrogen and oxygen atoms in total. The number of carbonyl (C=O) groups excluding carboxylic acids is 2. The molecule has 1 heterocycles. The molecule has 4 N–H and O–H groups in total. The lowest BCUT2D eigenvalue weighted by Crippen LogP contribution is -2.91. The van der Waals surface area contributed by atoms with Crippen LogP contribution in [0.4, 0.5) is 4.79 Å². The first-order valence-corrected chi connectivity index (χ1v) is 10.2. The third kappa shape index (κ3) is 7.29. The van der Waals surface area contributed by atoms with E-state index in [1.54, 1.807) is 33.8 Å². The number of nitrogens with one attached hydrogen (secondary N) is 1. The smallest absolute Gasteiger partial charge is 0.407 e. The summed E-state index contributed by atoms with van der Waals surface area (Å²) in [6.07, 6.45) is 0.913. The van der Waals surface area contributed by atoms with E-state index in [4.69, 9.17) is 9.15 Å². The van der Waals surface area contributed by atoms with E-state index in [0.29, 0.717) is 42.3 Å². The van der Waals surface area contributed by atoms with Crippen molar-refractivity contribution in [3.63, 3.8) is 0 Å². The first-order valence-electron chi connectivity index (χ1n) is 10.2. The van der Waals surface area contributed by atoms with E-state index in [2.05, 4.69) is 5.32 Å². The number of phenols is 1. The molecule has 0 aliphatic carbocycles. The fourth-order valence-electron chi connectivity index (χ4n) is 3.21. The first kappa shape index (κ1) is 24.2. The van der Waals surface area contributed by atoms with Gasteiger partial charge in [0.1, 0.15) is 23.9 Å². The quantitative estimate of drug-likeness (QED) is 0.389. The summed E-state index contributed by atoms with van der Waals surface area (Å²) in [6.45, 7) is 7.54. The average Bonchev–Trinajstić information content (AvgIpc) is 2.63. The second kappa shape index (κ2) is 10.3. The predicted molar refractivity (Wildman–Crippen MR) is 111 cm³/mol. The summed E-state index contributed by atoms with van der Waals surface area (Å²) in [5.41, 5.74) is 0.201. The lowest BCUT2D eigenvalue weighted by molar-refractivity contribution is -0.698. The van der Waals surface area contributed by atoms with Crippen molar-refractivity contribution >= 4 is 23.0 Å². The molecular formula is C22H30N2O7. The highest BCUT2D eigenvalue weighted by Gasteiger charge is 2.19. The summed E-state index contributed by atoms with van der Waals surface area (Å²) in [6, 6.07) is 3.66. The number of aliphatic carboxylic acids is 1. The number of amides is 1. The predicted octanol–water partition coefficient (Wildman–Crippen LogP) is 0.684. The van der Waals surface area contributed by atoms with Crippen molar-refractivity contribution in [3.05, 3.63) is 39.7 Å². The fraction of sp³-hybridized carbons (Fsp3) is 0.500. The largest absolute Gasteiger partial charge is 0.544 e. The van der Waals surface area contributed by atoms with E-state index in [9.17, 15) is 24.6 Å². The number of alkyl carbamates (subject to hydrolysis) is 1. The van der Waals surface area contributed by atoms with Crippen LogP contribution in [-0.4, -0.2) is 35.4 Å². The van der Waals surface area contributed by atoms with Gasteiger partial charge in [0.05, 0.1) is 11.5 Å². The van der Waals surface area contributed by atoms with Gasteiger partial charge in [-0.25, -0.2) is 9.59 Å². The minimum atomic E-state index is -1.22. The molecule has 0 saturated carbocycles. The average molecular weight is 434 g/mol. The Balaban J connectivity index is 1.94. The van der Waals surface area contributed by atoms with Crippen molar-refractivity contribution in [2.24, 2.45) is 0 Å². The van der Waals surface area contributed by atoms with Crippen molar-refractivity contribution in [1.82, 2.24) is 5.32 Å². The number of phenolic OH excluding ortho intramolecular Hbond substituents is 1. The minimum Gasteiger partial charge on any atom is -0.544 e. The van der Waals surface area contributed by atoms with Gasteiger partial charge in [-0.3, -0.25) is 0 Å². The number of unbranched alkanes of at least 4 members (excludes halogenated alkanes) is 1. The molecule has 1 amide bonds. The van der Waals surface area contributed by atoms with Gasteiger partial charge in [0.25, 0.3) is 0 Å². The molecule has 1 aromatic carbocycles. The van der Waals surface area contributed by atoms with Crippen LogP contribution in [0.3, 0.4) is 0 Å². The number of benzene rings is 1. The Hall–Kier alpha value is -3.07. The second-order valence-electron chi connectivity index (χ2n) is 8.48. The molecule has 170 valence electrons. The topological polar surface area (TPSA) is 146 Å². The Morgan fingerprint density at radius 3 is 2.65 bits per heavy atom. The van der Waals surface area contributed by atoms with Crippen molar-refractivity contribution in [2.75, 3.05) is 6.54 Å². The molecule has 0 radical (unpaired) electrons. The van der Waals surface area contributed by atoms with E-state index in [0.717, 1.165) is 0 Å². The van der Waals surface area contributed by atoms with Crippen molar-refractivity contribution in [3.8, 4) is 5.75 Å². The maximum Gasteiger partial charge on any atom is 0.407 e. The molecule has 9 heteroatoms. The number of aryl methyl sites for hydroxylation is 1. The summed E-state index contributed by atoms with van der Waals surface area (Å²) in [5.74, 6) is -1.30. The van der Waals surface area contributed by atoms with Crippen LogP contribution in [-0.2, 0) is 16.1 Å². The van der Waals surface area contributed by atoms with Crippen LogP contribution in [0.1, 0.15) is 51.2 Å². The number of fused-ring (bicyclic) bond motifs is 1. The number of carbonyl (C=O) groups is 2. The Labute approximate surface area is 180 Å². The number of carboxylic acid groups (broad SMARTS) is 1. The van der Waals surface area contributed by atoms with E-state index < -0.39 is 29.3 Å². The molecule has 0 saturated heterocycles. The highest BCUT2D eigenvalue weighted by atomic mass is 16.6.